The fourth-order valence-electron chi connectivity index (χ4n) is 2.18. The third-order valence-corrected chi connectivity index (χ3v) is 3.10. The lowest BCUT2D eigenvalue weighted by molar-refractivity contribution is -0.149. The Hall–Kier alpha value is -1.78. The second-order valence-electron chi connectivity index (χ2n) is 4.35. The van der Waals surface area contributed by atoms with E-state index in [9.17, 15) is 9.59 Å². The lowest BCUT2D eigenvalue weighted by Gasteiger charge is -2.31. The first kappa shape index (κ1) is 12.7. The van der Waals surface area contributed by atoms with Crippen LogP contribution in [0.2, 0.25) is 0 Å². The first-order chi connectivity index (χ1) is 8.72. The Labute approximate surface area is 106 Å². The number of carbonyl (C=O) groups is 2. The highest BCUT2D eigenvalue weighted by atomic mass is 16.5. The van der Waals surface area contributed by atoms with Crippen LogP contribution in [0.25, 0.3) is 0 Å². The third-order valence-electron chi connectivity index (χ3n) is 3.10. The molecule has 1 aromatic heterocycles. The highest BCUT2D eigenvalue weighted by Crippen LogP contribution is 2.20. The molecule has 0 radical (unpaired) electrons. The van der Waals surface area contributed by atoms with Crippen molar-refractivity contribution in [3.8, 4) is 0 Å². The van der Waals surface area contributed by atoms with Crippen molar-refractivity contribution >= 4 is 11.9 Å². The summed E-state index contributed by atoms with van der Waals surface area (Å²) in [4.78, 5) is 25.5. The zero-order chi connectivity index (χ0) is 13.0. The summed E-state index contributed by atoms with van der Waals surface area (Å²) in [6.45, 7) is 3.28. The molecule has 1 saturated heterocycles. The van der Waals surface area contributed by atoms with Gasteiger partial charge in [0.05, 0.1) is 24.4 Å². The number of ether oxygens (including phenoxy) is 1. The Morgan fingerprint density at radius 1 is 1.56 bits per heavy atom. The van der Waals surface area contributed by atoms with Crippen molar-refractivity contribution in [3.05, 3.63) is 24.2 Å². The zero-order valence-corrected chi connectivity index (χ0v) is 10.4. The minimum Gasteiger partial charge on any atom is -0.472 e. The highest BCUT2D eigenvalue weighted by molar-refractivity contribution is 5.94. The fraction of sp³-hybridized carbons (Fsp3) is 0.538. The Morgan fingerprint density at radius 3 is 3.06 bits per heavy atom. The Bertz CT molecular complexity index is 413. The summed E-state index contributed by atoms with van der Waals surface area (Å²) in [7, 11) is 0. The minimum atomic E-state index is -0.206. The van der Waals surface area contributed by atoms with Crippen LogP contribution in [0.4, 0.5) is 0 Å². The van der Waals surface area contributed by atoms with Gasteiger partial charge in [0.25, 0.3) is 5.91 Å². The standard InChI is InChI=1S/C13H17NO4/c1-2-18-13(16)10-4-3-6-14(8-10)12(15)11-5-7-17-9-11/h5,7,9-10H,2-4,6,8H2,1H3/t10-/m1/s1. The van der Waals surface area contributed by atoms with E-state index in [0.717, 1.165) is 12.8 Å². The number of amides is 1. The predicted molar refractivity (Wildman–Crippen MR) is 64.0 cm³/mol. The molecule has 1 fully saturated rings. The number of furan rings is 1. The number of carbonyl (C=O) groups excluding carboxylic acids is 2. The lowest BCUT2D eigenvalue weighted by atomic mass is 9.98. The van der Waals surface area contributed by atoms with Crippen LogP contribution < -0.4 is 0 Å². The van der Waals surface area contributed by atoms with E-state index in [4.69, 9.17) is 9.15 Å². The number of likely N-dealkylation sites (tertiary alicyclic amines) is 1. The number of nitrogens with zero attached hydrogens (tertiary/aromatic N) is 1. The van der Waals surface area contributed by atoms with Gasteiger partial charge in [-0.1, -0.05) is 0 Å². The van der Waals surface area contributed by atoms with E-state index in [1.165, 1.54) is 12.5 Å². The van der Waals surface area contributed by atoms with Crippen LogP contribution in [0.3, 0.4) is 0 Å². The largest absolute Gasteiger partial charge is 0.472 e. The van der Waals surface area contributed by atoms with Gasteiger partial charge in [-0.25, -0.2) is 0 Å². The Morgan fingerprint density at radius 2 is 2.39 bits per heavy atom. The van der Waals surface area contributed by atoms with Gasteiger partial charge in [0.15, 0.2) is 0 Å². The van der Waals surface area contributed by atoms with Crippen LogP contribution in [0, 0.1) is 5.92 Å². The van der Waals surface area contributed by atoms with Crippen LogP contribution in [0.1, 0.15) is 30.1 Å². The van der Waals surface area contributed by atoms with Gasteiger partial charge in [0.2, 0.25) is 0 Å². The van der Waals surface area contributed by atoms with Crippen LogP contribution in [0.5, 0.6) is 0 Å². The molecule has 0 unspecified atom stereocenters. The molecule has 1 amide bonds. The average molecular weight is 251 g/mol. The molecule has 2 heterocycles. The second-order valence-corrected chi connectivity index (χ2v) is 4.35. The third kappa shape index (κ3) is 2.72. The topological polar surface area (TPSA) is 59.8 Å². The molecule has 1 aromatic rings. The number of hydrogen-bond donors (Lipinski definition) is 0. The second kappa shape index (κ2) is 5.71. The number of rotatable bonds is 3. The molecule has 1 atom stereocenters. The van der Waals surface area contributed by atoms with Crippen LogP contribution in [-0.4, -0.2) is 36.5 Å². The monoisotopic (exact) mass is 251 g/mol. The zero-order valence-electron chi connectivity index (χ0n) is 10.4. The van der Waals surface area contributed by atoms with Crippen LogP contribution in [-0.2, 0) is 9.53 Å². The quantitative estimate of drug-likeness (QED) is 0.767. The number of piperidine rings is 1. The van der Waals surface area contributed by atoms with Crippen LogP contribution in [0.15, 0.2) is 23.0 Å². The summed E-state index contributed by atoms with van der Waals surface area (Å²) in [6, 6.07) is 1.64. The first-order valence-electron chi connectivity index (χ1n) is 6.20. The van der Waals surface area contributed by atoms with Crippen molar-refractivity contribution in [3.63, 3.8) is 0 Å². The molecule has 5 heteroatoms. The van der Waals surface area contributed by atoms with E-state index in [2.05, 4.69) is 0 Å². The van der Waals surface area contributed by atoms with Gasteiger partial charge < -0.3 is 14.1 Å². The molecule has 0 bridgehead atoms. The fourth-order valence-corrected chi connectivity index (χ4v) is 2.18. The van der Waals surface area contributed by atoms with E-state index in [0.29, 0.717) is 25.3 Å². The van der Waals surface area contributed by atoms with Crippen LogP contribution >= 0.6 is 0 Å². The summed E-state index contributed by atoms with van der Waals surface area (Å²) in [5, 5.41) is 0. The van der Waals surface area contributed by atoms with E-state index in [1.807, 2.05) is 0 Å². The Kier molecular flexibility index (Phi) is 4.02. The lowest BCUT2D eigenvalue weighted by Crippen LogP contribution is -2.42. The summed E-state index contributed by atoms with van der Waals surface area (Å²) in [6.07, 6.45) is 4.51. The molecule has 0 spiro atoms. The van der Waals surface area contributed by atoms with Crippen molar-refractivity contribution in [2.75, 3.05) is 19.7 Å². The van der Waals surface area contributed by atoms with Gasteiger partial charge in [-0.3, -0.25) is 9.59 Å². The van der Waals surface area contributed by atoms with E-state index in [1.54, 1.807) is 17.9 Å². The molecule has 5 nitrogen and oxygen atoms in total. The van der Waals surface area contributed by atoms with Gasteiger partial charge in [-0.05, 0) is 25.8 Å². The van der Waals surface area contributed by atoms with Gasteiger partial charge in [-0.2, -0.15) is 0 Å². The van der Waals surface area contributed by atoms with Crippen molar-refractivity contribution < 1.29 is 18.7 Å². The van der Waals surface area contributed by atoms with E-state index >= 15 is 0 Å². The summed E-state index contributed by atoms with van der Waals surface area (Å²) >= 11 is 0. The summed E-state index contributed by atoms with van der Waals surface area (Å²) < 4.78 is 9.90. The molecule has 0 N–H and O–H groups in total. The molecular weight excluding hydrogens is 234 g/mol. The summed E-state index contributed by atoms with van der Waals surface area (Å²) in [5.74, 6) is -0.491. The predicted octanol–water partition coefficient (Wildman–Crippen LogP) is 1.69. The molecule has 98 valence electrons. The molecule has 0 aromatic carbocycles. The minimum absolute atomic E-state index is 0.0854. The molecule has 0 aliphatic carbocycles. The SMILES string of the molecule is CCOC(=O)[C@@H]1CCCN(C(=O)c2ccoc2)C1. The van der Waals surface area contributed by atoms with Crippen molar-refractivity contribution in [1.82, 2.24) is 4.90 Å². The van der Waals surface area contributed by atoms with Crippen molar-refractivity contribution in [2.24, 2.45) is 5.92 Å². The maximum absolute atomic E-state index is 12.1. The van der Waals surface area contributed by atoms with Gasteiger partial charge in [0, 0.05) is 13.1 Å². The molecular formula is C13H17NO4. The van der Waals surface area contributed by atoms with E-state index < -0.39 is 0 Å². The van der Waals surface area contributed by atoms with Gasteiger partial charge >= 0.3 is 5.97 Å². The smallest absolute Gasteiger partial charge is 0.310 e. The van der Waals surface area contributed by atoms with Crippen molar-refractivity contribution in [1.29, 1.82) is 0 Å². The highest BCUT2D eigenvalue weighted by Gasteiger charge is 2.29. The van der Waals surface area contributed by atoms with E-state index in [-0.39, 0.29) is 17.8 Å². The number of esters is 1. The molecule has 1 aliphatic rings. The van der Waals surface area contributed by atoms with Gasteiger partial charge in [-0.15, -0.1) is 0 Å². The average Bonchev–Trinajstić information content (AvgIpc) is 2.92. The number of hydrogen-bond acceptors (Lipinski definition) is 4. The van der Waals surface area contributed by atoms with Crippen molar-refractivity contribution in [2.45, 2.75) is 19.8 Å². The molecule has 1 aliphatic heterocycles. The maximum Gasteiger partial charge on any atom is 0.310 e. The van der Waals surface area contributed by atoms with Gasteiger partial charge in [0.1, 0.15) is 6.26 Å². The first-order valence-corrected chi connectivity index (χ1v) is 6.20. The Balaban J connectivity index is 1.98. The molecule has 18 heavy (non-hydrogen) atoms. The normalized spacial score (nSPS) is 19.6. The molecule has 2 rings (SSSR count). The maximum atomic E-state index is 12.1. The summed E-state index contributed by atoms with van der Waals surface area (Å²) in [5.41, 5.74) is 0.527. The molecule has 0 saturated carbocycles.